The monoisotopic (exact) mass is 730 g/mol. The summed E-state index contributed by atoms with van der Waals surface area (Å²) in [6.07, 6.45) is 0. The zero-order valence-corrected chi connectivity index (χ0v) is 30.5. The van der Waals surface area contributed by atoms with E-state index in [-0.39, 0.29) is 0 Å². The number of hydrogen-bond donors (Lipinski definition) is 0. The zero-order chi connectivity index (χ0) is 35.8. The molecule has 54 heavy (non-hydrogen) atoms. The van der Waals surface area contributed by atoms with E-state index in [4.69, 9.17) is 17.5 Å². The van der Waals surface area contributed by atoms with Crippen LogP contribution in [0.1, 0.15) is 0 Å². The highest BCUT2D eigenvalue weighted by Gasteiger charge is 2.22. The first-order valence-corrected chi connectivity index (χ1v) is 19.1. The standard InChI is InChI=1S/C46H30N6S2/c1-5-13-33(14-6-1)51(34-15-7-2-8-16-34)37-25-21-31(22-26-37)39-29-41-46(50-53-47-41)44-40(30-42-45(43(39)44)49-54-48-42)32-23-27-38(28-24-32)52(35-17-9-3-10-18-35)36-19-11-4-12-20-36/h1-30H. The normalized spacial score (nSPS) is 11.3. The van der Waals surface area contributed by atoms with Crippen LogP contribution in [0.2, 0.25) is 0 Å². The number of anilines is 6. The van der Waals surface area contributed by atoms with Crippen LogP contribution in [0.3, 0.4) is 0 Å². The summed E-state index contributed by atoms with van der Waals surface area (Å²) in [5.41, 5.74) is 14.2. The van der Waals surface area contributed by atoms with Crippen LogP contribution in [-0.2, 0) is 0 Å². The number of fused-ring (bicyclic) bond motifs is 5. The van der Waals surface area contributed by atoms with Gasteiger partial charge in [-0.3, -0.25) is 0 Å². The van der Waals surface area contributed by atoms with Crippen molar-refractivity contribution >= 4 is 90.4 Å². The summed E-state index contributed by atoms with van der Waals surface area (Å²) >= 11 is 2.48. The summed E-state index contributed by atoms with van der Waals surface area (Å²) in [4.78, 5) is 4.55. The molecule has 256 valence electrons. The van der Waals surface area contributed by atoms with Crippen molar-refractivity contribution in [2.75, 3.05) is 9.80 Å². The Morgan fingerprint density at radius 1 is 0.315 bits per heavy atom. The Bertz CT molecular complexity index is 2580. The molecule has 2 heterocycles. The minimum absolute atomic E-state index is 0.863. The number of aromatic nitrogens is 4. The van der Waals surface area contributed by atoms with Gasteiger partial charge in [-0.1, -0.05) is 97.1 Å². The summed E-state index contributed by atoms with van der Waals surface area (Å²) in [7, 11) is 0. The molecule has 0 unspecified atom stereocenters. The van der Waals surface area contributed by atoms with Crippen molar-refractivity contribution in [3.8, 4) is 22.3 Å². The van der Waals surface area contributed by atoms with Crippen LogP contribution in [-0.4, -0.2) is 17.5 Å². The molecule has 2 aromatic heterocycles. The predicted molar refractivity (Wildman–Crippen MR) is 226 cm³/mol. The molecule has 0 atom stereocenters. The molecule has 10 rings (SSSR count). The smallest absolute Gasteiger partial charge is 0.113 e. The van der Waals surface area contributed by atoms with E-state index >= 15 is 0 Å². The zero-order valence-electron chi connectivity index (χ0n) is 28.8. The maximum atomic E-state index is 4.86. The summed E-state index contributed by atoms with van der Waals surface area (Å²) in [6.45, 7) is 0. The topological polar surface area (TPSA) is 58.0 Å². The van der Waals surface area contributed by atoms with Gasteiger partial charge in [-0.05, 0) is 107 Å². The Hall–Kier alpha value is -6.74. The lowest BCUT2D eigenvalue weighted by Gasteiger charge is -2.25. The Morgan fingerprint density at radius 3 is 0.926 bits per heavy atom. The van der Waals surface area contributed by atoms with E-state index < -0.39 is 0 Å². The van der Waals surface area contributed by atoms with Crippen molar-refractivity contribution in [2.24, 2.45) is 0 Å². The van der Waals surface area contributed by atoms with Crippen LogP contribution in [0.15, 0.2) is 182 Å². The molecule has 0 saturated heterocycles. The predicted octanol–water partition coefficient (Wildman–Crippen LogP) is 13.1. The number of nitrogens with zero attached hydrogens (tertiary/aromatic N) is 6. The van der Waals surface area contributed by atoms with Gasteiger partial charge in [-0.15, -0.1) is 0 Å². The first kappa shape index (κ1) is 32.0. The van der Waals surface area contributed by atoms with Crippen molar-refractivity contribution in [2.45, 2.75) is 0 Å². The number of para-hydroxylation sites is 4. The van der Waals surface area contributed by atoms with Crippen LogP contribution < -0.4 is 9.80 Å². The summed E-state index contributed by atoms with van der Waals surface area (Å²) in [6, 6.07) is 63.7. The fourth-order valence-corrected chi connectivity index (χ4v) is 8.41. The highest BCUT2D eigenvalue weighted by atomic mass is 32.1. The number of benzene rings is 8. The van der Waals surface area contributed by atoms with Crippen molar-refractivity contribution in [3.63, 3.8) is 0 Å². The Balaban J connectivity index is 1.12. The van der Waals surface area contributed by atoms with E-state index in [1.54, 1.807) is 0 Å². The van der Waals surface area contributed by atoms with E-state index in [9.17, 15) is 0 Å². The lowest BCUT2D eigenvalue weighted by Crippen LogP contribution is -2.09. The first-order valence-electron chi connectivity index (χ1n) is 17.7. The van der Waals surface area contributed by atoms with Gasteiger partial charge in [0.25, 0.3) is 0 Å². The fourth-order valence-electron chi connectivity index (χ4n) is 7.34. The van der Waals surface area contributed by atoms with Gasteiger partial charge in [-0.2, -0.15) is 17.5 Å². The highest BCUT2D eigenvalue weighted by Crippen LogP contribution is 2.45. The number of hydrogen-bond acceptors (Lipinski definition) is 8. The molecule has 6 nitrogen and oxygen atoms in total. The molecule has 0 spiro atoms. The number of rotatable bonds is 8. The molecule has 0 radical (unpaired) electrons. The van der Waals surface area contributed by atoms with Gasteiger partial charge in [0.2, 0.25) is 0 Å². The third kappa shape index (κ3) is 5.65. The summed E-state index contributed by atoms with van der Waals surface area (Å²) in [5, 5.41) is 2.07. The highest BCUT2D eigenvalue weighted by molar-refractivity contribution is 7.00. The maximum absolute atomic E-state index is 4.86. The molecule has 8 heteroatoms. The second kappa shape index (κ2) is 13.7. The second-order valence-electron chi connectivity index (χ2n) is 13.0. The van der Waals surface area contributed by atoms with Gasteiger partial charge in [0.1, 0.15) is 22.1 Å². The Morgan fingerprint density at radius 2 is 0.611 bits per heavy atom. The van der Waals surface area contributed by atoms with Crippen LogP contribution in [0, 0.1) is 0 Å². The average Bonchev–Trinajstić information content (AvgIpc) is 3.93. The molecule has 0 aliphatic rings. The van der Waals surface area contributed by atoms with Crippen molar-refractivity contribution in [1.82, 2.24) is 17.5 Å². The Labute approximate surface area is 320 Å². The van der Waals surface area contributed by atoms with Gasteiger partial charge in [0.05, 0.1) is 23.5 Å². The largest absolute Gasteiger partial charge is 0.311 e. The Kier molecular flexibility index (Phi) is 8.09. The third-order valence-electron chi connectivity index (χ3n) is 9.78. The van der Waals surface area contributed by atoms with Gasteiger partial charge >= 0.3 is 0 Å². The summed E-state index contributed by atoms with van der Waals surface area (Å²) in [5.74, 6) is 0. The summed E-state index contributed by atoms with van der Waals surface area (Å²) < 4.78 is 19.3. The third-order valence-corrected chi connectivity index (χ3v) is 10.9. The van der Waals surface area contributed by atoms with Gasteiger partial charge in [0, 0.05) is 44.9 Å². The molecular weight excluding hydrogens is 701 g/mol. The molecular formula is C46H30N6S2. The second-order valence-corrected chi connectivity index (χ2v) is 14.0. The molecule has 8 aromatic carbocycles. The van der Waals surface area contributed by atoms with E-state index in [0.29, 0.717) is 0 Å². The van der Waals surface area contributed by atoms with Crippen molar-refractivity contribution in [1.29, 1.82) is 0 Å². The quantitative estimate of drug-likeness (QED) is 0.155. The van der Waals surface area contributed by atoms with Crippen LogP contribution in [0.5, 0.6) is 0 Å². The minimum atomic E-state index is 0.863. The van der Waals surface area contributed by atoms with Crippen LogP contribution in [0.4, 0.5) is 34.1 Å². The SMILES string of the molecule is c1ccc(N(c2ccccc2)c2ccc(-c3cc4nsnc4c4c(-c5ccc(N(c6ccccc6)c6ccccc6)cc5)cc5nsnc5c34)cc2)cc1. The van der Waals surface area contributed by atoms with Gasteiger partial charge in [-0.25, -0.2) is 0 Å². The van der Waals surface area contributed by atoms with E-state index in [1.165, 1.54) is 23.5 Å². The first-order chi connectivity index (χ1) is 26.8. The van der Waals surface area contributed by atoms with Crippen LogP contribution in [0.25, 0.3) is 55.1 Å². The molecule has 0 N–H and O–H groups in total. The van der Waals surface area contributed by atoms with E-state index in [2.05, 4.69) is 168 Å². The molecule has 0 saturated carbocycles. The average molecular weight is 731 g/mol. The maximum Gasteiger partial charge on any atom is 0.113 e. The molecule has 10 aromatic rings. The van der Waals surface area contributed by atoms with E-state index in [1.807, 2.05) is 24.3 Å². The van der Waals surface area contributed by atoms with E-state index in [0.717, 1.165) is 89.2 Å². The van der Waals surface area contributed by atoms with Crippen molar-refractivity contribution < 1.29 is 0 Å². The molecule has 0 amide bonds. The van der Waals surface area contributed by atoms with Gasteiger partial charge < -0.3 is 9.80 Å². The molecule has 0 bridgehead atoms. The molecule has 0 fully saturated rings. The minimum Gasteiger partial charge on any atom is -0.311 e. The van der Waals surface area contributed by atoms with Crippen molar-refractivity contribution in [3.05, 3.63) is 182 Å². The van der Waals surface area contributed by atoms with Crippen LogP contribution >= 0.6 is 23.5 Å². The molecule has 0 aliphatic heterocycles. The fraction of sp³-hybridized carbons (Fsp3) is 0. The van der Waals surface area contributed by atoms with Gasteiger partial charge in [0.15, 0.2) is 0 Å². The lowest BCUT2D eigenvalue weighted by atomic mass is 9.90. The lowest BCUT2D eigenvalue weighted by molar-refractivity contribution is 1.28. The molecule has 0 aliphatic carbocycles.